The summed E-state index contributed by atoms with van der Waals surface area (Å²) in [5.41, 5.74) is -0.647. The zero-order valence-corrected chi connectivity index (χ0v) is 12.2. The van der Waals surface area contributed by atoms with Crippen LogP contribution in [0.3, 0.4) is 0 Å². The van der Waals surface area contributed by atoms with E-state index in [1.807, 2.05) is 0 Å². The molecule has 1 aromatic carbocycles. The minimum Gasteiger partial charge on any atom is -0.481 e. The van der Waals surface area contributed by atoms with Gasteiger partial charge < -0.3 is 10.0 Å². The van der Waals surface area contributed by atoms with Crippen molar-refractivity contribution in [1.29, 1.82) is 0 Å². The number of carboxylic acids is 1. The lowest BCUT2D eigenvalue weighted by Crippen LogP contribution is -2.31. The standard InChI is InChI=1S/C13H12BrF2NO3/c1-6-4-17(5-8(6)13(19)20)12(18)11-9(15)2-7(14)3-10(11)16/h2-3,6,8H,4-5H2,1H3,(H,19,20). The molecule has 1 aliphatic heterocycles. The third-order valence-corrected chi connectivity index (χ3v) is 3.90. The molecule has 20 heavy (non-hydrogen) atoms. The van der Waals surface area contributed by atoms with E-state index in [2.05, 4.69) is 15.9 Å². The molecule has 1 heterocycles. The van der Waals surface area contributed by atoms with Gasteiger partial charge in [0.05, 0.1) is 5.92 Å². The number of benzene rings is 1. The number of rotatable bonds is 2. The molecule has 0 spiro atoms. The van der Waals surface area contributed by atoms with Gasteiger partial charge in [-0.25, -0.2) is 8.78 Å². The summed E-state index contributed by atoms with van der Waals surface area (Å²) in [5, 5.41) is 9.01. The normalized spacial score (nSPS) is 22.1. The molecule has 1 aromatic rings. The number of amides is 1. The van der Waals surface area contributed by atoms with Crippen molar-refractivity contribution in [1.82, 2.24) is 4.90 Å². The molecule has 0 aliphatic carbocycles. The number of carboxylic acid groups (broad SMARTS) is 1. The largest absolute Gasteiger partial charge is 0.481 e. The summed E-state index contributed by atoms with van der Waals surface area (Å²) in [7, 11) is 0. The summed E-state index contributed by atoms with van der Waals surface area (Å²) in [6.07, 6.45) is 0. The van der Waals surface area contributed by atoms with E-state index in [1.54, 1.807) is 6.92 Å². The van der Waals surface area contributed by atoms with Gasteiger partial charge in [-0.05, 0) is 18.1 Å². The second-order valence-corrected chi connectivity index (χ2v) is 5.79. The van der Waals surface area contributed by atoms with Crippen LogP contribution in [0.5, 0.6) is 0 Å². The molecule has 1 saturated heterocycles. The van der Waals surface area contributed by atoms with Crippen molar-refractivity contribution >= 4 is 27.8 Å². The Morgan fingerprint density at radius 2 is 1.85 bits per heavy atom. The average Bonchev–Trinajstić information content (AvgIpc) is 2.69. The molecule has 0 aromatic heterocycles. The highest BCUT2D eigenvalue weighted by Gasteiger charge is 2.38. The van der Waals surface area contributed by atoms with Gasteiger partial charge in [-0.1, -0.05) is 22.9 Å². The Hall–Kier alpha value is -1.50. The SMILES string of the molecule is CC1CN(C(=O)c2c(F)cc(Br)cc2F)CC1C(=O)O. The number of carbonyl (C=O) groups is 2. The number of carbonyl (C=O) groups excluding carboxylic acids is 1. The second kappa shape index (κ2) is 5.47. The predicted octanol–water partition coefficient (Wildman–Crippen LogP) is 2.52. The first kappa shape index (κ1) is 14.9. The zero-order valence-electron chi connectivity index (χ0n) is 10.6. The monoisotopic (exact) mass is 347 g/mol. The first-order valence-corrected chi connectivity index (χ1v) is 6.77. The van der Waals surface area contributed by atoms with Crippen molar-refractivity contribution in [3.63, 3.8) is 0 Å². The molecule has 2 rings (SSSR count). The van der Waals surface area contributed by atoms with Crippen molar-refractivity contribution in [3.05, 3.63) is 33.8 Å². The van der Waals surface area contributed by atoms with Crippen LogP contribution in [-0.4, -0.2) is 35.0 Å². The highest BCUT2D eigenvalue weighted by molar-refractivity contribution is 9.10. The van der Waals surface area contributed by atoms with Crippen LogP contribution in [0.1, 0.15) is 17.3 Å². The predicted molar refractivity (Wildman–Crippen MR) is 70.3 cm³/mol. The molecule has 7 heteroatoms. The first-order valence-electron chi connectivity index (χ1n) is 5.98. The van der Waals surface area contributed by atoms with Crippen LogP contribution in [0.15, 0.2) is 16.6 Å². The fourth-order valence-electron chi connectivity index (χ4n) is 2.36. The first-order chi connectivity index (χ1) is 9.31. The lowest BCUT2D eigenvalue weighted by molar-refractivity contribution is -0.142. The van der Waals surface area contributed by atoms with Crippen molar-refractivity contribution in [3.8, 4) is 0 Å². The molecule has 1 fully saturated rings. The van der Waals surface area contributed by atoms with Gasteiger partial charge in [0, 0.05) is 17.6 Å². The quantitative estimate of drug-likeness (QED) is 0.894. The van der Waals surface area contributed by atoms with Crippen molar-refractivity contribution in [2.45, 2.75) is 6.92 Å². The number of hydrogen-bond donors (Lipinski definition) is 1. The van der Waals surface area contributed by atoms with Gasteiger partial charge in [0.25, 0.3) is 5.91 Å². The molecule has 1 amide bonds. The molecule has 0 saturated carbocycles. The summed E-state index contributed by atoms with van der Waals surface area (Å²) in [4.78, 5) is 24.3. The molecule has 4 nitrogen and oxygen atoms in total. The van der Waals surface area contributed by atoms with Gasteiger partial charge in [-0.15, -0.1) is 0 Å². The lowest BCUT2D eigenvalue weighted by Gasteiger charge is -2.17. The number of aliphatic carboxylic acids is 1. The van der Waals surface area contributed by atoms with Crippen molar-refractivity contribution < 1.29 is 23.5 Å². The van der Waals surface area contributed by atoms with Crippen LogP contribution < -0.4 is 0 Å². The fourth-order valence-corrected chi connectivity index (χ4v) is 2.76. The van der Waals surface area contributed by atoms with Gasteiger partial charge in [-0.2, -0.15) is 0 Å². The fraction of sp³-hybridized carbons (Fsp3) is 0.385. The Kier molecular flexibility index (Phi) is 4.08. The van der Waals surface area contributed by atoms with Crippen LogP contribution in [0, 0.1) is 23.5 Å². The number of nitrogens with zero attached hydrogens (tertiary/aromatic N) is 1. The summed E-state index contributed by atoms with van der Waals surface area (Å²) in [6, 6.07) is 2.01. The molecule has 2 unspecified atom stereocenters. The van der Waals surface area contributed by atoms with E-state index in [0.717, 1.165) is 12.1 Å². The molecule has 108 valence electrons. The van der Waals surface area contributed by atoms with Gasteiger partial charge in [0.15, 0.2) is 0 Å². The van der Waals surface area contributed by atoms with E-state index in [0.29, 0.717) is 0 Å². The van der Waals surface area contributed by atoms with Crippen LogP contribution in [-0.2, 0) is 4.79 Å². The van der Waals surface area contributed by atoms with Crippen LogP contribution >= 0.6 is 15.9 Å². The Bertz CT molecular complexity index is 556. The second-order valence-electron chi connectivity index (χ2n) is 4.88. The Balaban J connectivity index is 2.28. The molecular weight excluding hydrogens is 336 g/mol. The summed E-state index contributed by atoms with van der Waals surface area (Å²) < 4.78 is 27.7. The number of halogens is 3. The van der Waals surface area contributed by atoms with Gasteiger partial charge in [0.2, 0.25) is 0 Å². The van der Waals surface area contributed by atoms with Crippen molar-refractivity contribution in [2.24, 2.45) is 11.8 Å². The van der Waals surface area contributed by atoms with E-state index >= 15 is 0 Å². The van der Waals surface area contributed by atoms with Gasteiger partial charge in [0.1, 0.15) is 17.2 Å². The Labute approximate surface area is 122 Å². The van der Waals surface area contributed by atoms with E-state index in [1.165, 1.54) is 4.90 Å². The van der Waals surface area contributed by atoms with Crippen LogP contribution in [0.4, 0.5) is 8.78 Å². The summed E-state index contributed by atoms with van der Waals surface area (Å²) in [6.45, 7) is 1.83. The highest BCUT2D eigenvalue weighted by Crippen LogP contribution is 2.27. The summed E-state index contributed by atoms with van der Waals surface area (Å²) in [5.74, 6) is -4.72. The van der Waals surface area contributed by atoms with Crippen LogP contribution in [0.25, 0.3) is 0 Å². The molecule has 2 atom stereocenters. The third kappa shape index (κ3) is 2.67. The zero-order chi connectivity index (χ0) is 15.0. The van der Waals surface area contributed by atoms with E-state index in [4.69, 9.17) is 5.11 Å². The highest BCUT2D eigenvalue weighted by atomic mass is 79.9. The van der Waals surface area contributed by atoms with Gasteiger partial charge in [-0.3, -0.25) is 9.59 Å². The minimum absolute atomic E-state index is 0.0374. The molecule has 1 aliphatic rings. The maximum absolute atomic E-state index is 13.7. The van der Waals surface area contributed by atoms with Gasteiger partial charge >= 0.3 is 5.97 Å². The Morgan fingerprint density at radius 1 is 1.30 bits per heavy atom. The topological polar surface area (TPSA) is 57.6 Å². The van der Waals surface area contributed by atoms with Crippen LogP contribution in [0.2, 0.25) is 0 Å². The van der Waals surface area contributed by atoms with Crippen molar-refractivity contribution in [2.75, 3.05) is 13.1 Å². The number of hydrogen-bond acceptors (Lipinski definition) is 2. The molecule has 1 N–H and O–H groups in total. The van der Waals surface area contributed by atoms with E-state index in [9.17, 15) is 18.4 Å². The average molecular weight is 348 g/mol. The van der Waals surface area contributed by atoms with E-state index < -0.39 is 35.0 Å². The molecular formula is C13H12BrF2NO3. The Morgan fingerprint density at radius 3 is 2.30 bits per heavy atom. The minimum atomic E-state index is -1.01. The maximum Gasteiger partial charge on any atom is 0.308 e. The molecule has 0 bridgehead atoms. The smallest absolute Gasteiger partial charge is 0.308 e. The lowest BCUT2D eigenvalue weighted by atomic mass is 9.99. The third-order valence-electron chi connectivity index (χ3n) is 3.44. The maximum atomic E-state index is 13.7. The summed E-state index contributed by atoms with van der Waals surface area (Å²) >= 11 is 2.94. The molecule has 0 radical (unpaired) electrons. The number of likely N-dealkylation sites (tertiary alicyclic amines) is 1. The van der Waals surface area contributed by atoms with E-state index in [-0.39, 0.29) is 23.5 Å².